The summed E-state index contributed by atoms with van der Waals surface area (Å²) in [5.41, 5.74) is 0.697. The molecule has 3 nitrogen and oxygen atoms in total. The third-order valence-electron chi connectivity index (χ3n) is 3.23. The summed E-state index contributed by atoms with van der Waals surface area (Å²) < 4.78 is 0. The molecule has 0 bridgehead atoms. The molecule has 1 saturated heterocycles. The van der Waals surface area contributed by atoms with E-state index in [1.807, 2.05) is 11.9 Å². The number of carbonyl (C=O) groups is 1. The Balaban J connectivity index is 0.00000162. The Morgan fingerprint density at radius 3 is 2.61 bits per heavy atom. The lowest BCUT2D eigenvalue weighted by Crippen LogP contribution is -2.46. The van der Waals surface area contributed by atoms with Crippen molar-refractivity contribution in [1.82, 2.24) is 10.2 Å². The summed E-state index contributed by atoms with van der Waals surface area (Å²) in [6, 6.07) is 7.35. The SMILES string of the molecule is CN(C(=O)c1ccc(Cl)cc1)[C@H]1CCCNC1.Cl. The van der Waals surface area contributed by atoms with Gasteiger partial charge >= 0.3 is 0 Å². The minimum atomic E-state index is 0. The fourth-order valence-electron chi connectivity index (χ4n) is 2.13. The van der Waals surface area contributed by atoms with Crippen molar-refractivity contribution in [2.24, 2.45) is 0 Å². The Labute approximate surface area is 119 Å². The lowest BCUT2D eigenvalue weighted by Gasteiger charge is -2.31. The molecule has 5 heteroatoms. The van der Waals surface area contributed by atoms with Gasteiger partial charge in [0.25, 0.3) is 5.91 Å². The second kappa shape index (κ2) is 6.98. The number of nitrogens with one attached hydrogen (secondary N) is 1. The molecule has 1 N–H and O–H groups in total. The fraction of sp³-hybridized carbons (Fsp3) is 0.462. The molecule has 1 amide bonds. The van der Waals surface area contributed by atoms with Crippen LogP contribution in [-0.2, 0) is 0 Å². The summed E-state index contributed by atoms with van der Waals surface area (Å²) >= 11 is 5.81. The normalized spacial score (nSPS) is 18.9. The molecule has 18 heavy (non-hydrogen) atoms. The van der Waals surface area contributed by atoms with E-state index in [9.17, 15) is 4.79 Å². The van der Waals surface area contributed by atoms with E-state index in [0.29, 0.717) is 16.6 Å². The summed E-state index contributed by atoms with van der Waals surface area (Å²) in [6.07, 6.45) is 2.20. The summed E-state index contributed by atoms with van der Waals surface area (Å²) in [6.45, 7) is 1.94. The number of nitrogens with zero attached hydrogens (tertiary/aromatic N) is 1. The van der Waals surface area contributed by atoms with Crippen molar-refractivity contribution in [3.63, 3.8) is 0 Å². The van der Waals surface area contributed by atoms with E-state index in [0.717, 1.165) is 25.9 Å². The first-order chi connectivity index (χ1) is 8.18. The number of amides is 1. The molecule has 0 aliphatic carbocycles. The van der Waals surface area contributed by atoms with Crippen molar-refractivity contribution < 1.29 is 4.79 Å². The quantitative estimate of drug-likeness (QED) is 0.907. The summed E-state index contributed by atoms with van der Waals surface area (Å²) in [7, 11) is 1.87. The number of hydrogen-bond acceptors (Lipinski definition) is 2. The van der Waals surface area contributed by atoms with Crippen LogP contribution in [0.25, 0.3) is 0 Å². The highest BCUT2D eigenvalue weighted by atomic mass is 35.5. The molecule has 1 aliphatic rings. The zero-order chi connectivity index (χ0) is 12.3. The minimum absolute atomic E-state index is 0. The van der Waals surface area contributed by atoms with Gasteiger partial charge in [-0.25, -0.2) is 0 Å². The lowest BCUT2D eigenvalue weighted by molar-refractivity contribution is 0.0708. The van der Waals surface area contributed by atoms with Crippen molar-refractivity contribution in [2.75, 3.05) is 20.1 Å². The number of benzene rings is 1. The third kappa shape index (κ3) is 3.61. The molecule has 0 aromatic heterocycles. The van der Waals surface area contributed by atoms with Gasteiger partial charge in [0.1, 0.15) is 0 Å². The number of halogens is 2. The molecule has 1 aromatic carbocycles. The minimum Gasteiger partial charge on any atom is -0.337 e. The highest BCUT2D eigenvalue weighted by Crippen LogP contribution is 2.14. The van der Waals surface area contributed by atoms with Crippen LogP contribution in [0.1, 0.15) is 23.2 Å². The standard InChI is InChI=1S/C13H17ClN2O.ClH/c1-16(12-3-2-8-15-9-12)13(17)10-4-6-11(14)7-5-10;/h4-7,12,15H,2-3,8-9H2,1H3;1H/t12-;/m0./s1. The zero-order valence-electron chi connectivity index (χ0n) is 10.4. The molecule has 1 fully saturated rings. The van der Waals surface area contributed by atoms with Gasteiger partial charge in [-0.1, -0.05) is 11.6 Å². The number of likely N-dealkylation sites (N-methyl/N-ethyl adjacent to an activating group) is 1. The predicted molar refractivity (Wildman–Crippen MR) is 76.7 cm³/mol. The largest absolute Gasteiger partial charge is 0.337 e. The topological polar surface area (TPSA) is 32.3 Å². The fourth-order valence-corrected chi connectivity index (χ4v) is 2.25. The van der Waals surface area contributed by atoms with E-state index in [-0.39, 0.29) is 18.3 Å². The smallest absolute Gasteiger partial charge is 0.253 e. The third-order valence-corrected chi connectivity index (χ3v) is 3.48. The number of carbonyl (C=O) groups excluding carboxylic acids is 1. The molecule has 1 aromatic rings. The maximum Gasteiger partial charge on any atom is 0.253 e. The number of piperidine rings is 1. The molecule has 0 unspecified atom stereocenters. The maximum atomic E-state index is 12.2. The van der Waals surface area contributed by atoms with Gasteiger partial charge in [0.15, 0.2) is 0 Å². The summed E-state index contributed by atoms with van der Waals surface area (Å²) in [5, 5.41) is 3.97. The maximum absolute atomic E-state index is 12.2. The molecule has 1 atom stereocenters. The second-order valence-electron chi connectivity index (χ2n) is 4.42. The predicted octanol–water partition coefficient (Wildman–Crippen LogP) is 2.59. The molecule has 0 spiro atoms. The van der Waals surface area contributed by atoms with Crippen molar-refractivity contribution >= 4 is 29.9 Å². The van der Waals surface area contributed by atoms with E-state index < -0.39 is 0 Å². The van der Waals surface area contributed by atoms with Gasteiger partial charge in [0, 0.05) is 30.2 Å². The molecule has 1 heterocycles. The molecule has 0 saturated carbocycles. The van der Waals surface area contributed by atoms with Gasteiger partial charge in [0.2, 0.25) is 0 Å². The van der Waals surface area contributed by atoms with Crippen LogP contribution in [0, 0.1) is 0 Å². The first-order valence-corrected chi connectivity index (χ1v) is 6.30. The highest BCUT2D eigenvalue weighted by molar-refractivity contribution is 6.30. The molecule has 100 valence electrons. The first kappa shape index (κ1) is 15.3. The van der Waals surface area contributed by atoms with Gasteiger partial charge < -0.3 is 10.2 Å². The molecular formula is C13H18Cl2N2O. The summed E-state index contributed by atoms with van der Waals surface area (Å²) in [5.74, 6) is 0.0652. The highest BCUT2D eigenvalue weighted by Gasteiger charge is 2.22. The average Bonchev–Trinajstić information content (AvgIpc) is 2.39. The van der Waals surface area contributed by atoms with Crippen molar-refractivity contribution in [3.8, 4) is 0 Å². The van der Waals surface area contributed by atoms with Crippen LogP contribution >= 0.6 is 24.0 Å². The van der Waals surface area contributed by atoms with Gasteiger partial charge in [0.05, 0.1) is 0 Å². The Kier molecular flexibility index (Phi) is 5.93. The monoisotopic (exact) mass is 288 g/mol. The Hall–Kier alpha value is -0.770. The van der Waals surface area contributed by atoms with Gasteiger partial charge in [-0.3, -0.25) is 4.79 Å². The van der Waals surface area contributed by atoms with Gasteiger partial charge in [-0.2, -0.15) is 0 Å². The molecule has 1 aliphatic heterocycles. The number of hydrogen-bond donors (Lipinski definition) is 1. The van der Waals surface area contributed by atoms with E-state index in [1.54, 1.807) is 24.3 Å². The Morgan fingerprint density at radius 1 is 1.39 bits per heavy atom. The van der Waals surface area contributed by atoms with Crippen molar-refractivity contribution in [2.45, 2.75) is 18.9 Å². The Bertz CT molecular complexity index is 388. The van der Waals surface area contributed by atoms with Crippen LogP contribution in [-0.4, -0.2) is 37.0 Å². The van der Waals surface area contributed by atoms with Crippen LogP contribution in [0.4, 0.5) is 0 Å². The van der Waals surface area contributed by atoms with E-state index in [4.69, 9.17) is 11.6 Å². The van der Waals surface area contributed by atoms with Crippen molar-refractivity contribution in [1.29, 1.82) is 0 Å². The lowest BCUT2D eigenvalue weighted by atomic mass is 10.1. The molecule has 2 rings (SSSR count). The van der Waals surface area contributed by atoms with Crippen LogP contribution in [0.5, 0.6) is 0 Å². The van der Waals surface area contributed by atoms with E-state index in [1.165, 1.54) is 0 Å². The summed E-state index contributed by atoms with van der Waals surface area (Å²) in [4.78, 5) is 14.0. The van der Waals surface area contributed by atoms with Crippen LogP contribution < -0.4 is 5.32 Å². The van der Waals surface area contributed by atoms with Gasteiger partial charge in [-0.15, -0.1) is 12.4 Å². The van der Waals surface area contributed by atoms with E-state index >= 15 is 0 Å². The first-order valence-electron chi connectivity index (χ1n) is 5.92. The van der Waals surface area contributed by atoms with Crippen LogP contribution in [0.15, 0.2) is 24.3 Å². The van der Waals surface area contributed by atoms with Gasteiger partial charge in [-0.05, 0) is 43.7 Å². The average molecular weight is 289 g/mol. The Morgan fingerprint density at radius 2 is 2.06 bits per heavy atom. The molecule has 0 radical (unpaired) electrons. The zero-order valence-corrected chi connectivity index (χ0v) is 11.9. The van der Waals surface area contributed by atoms with Crippen LogP contribution in [0.3, 0.4) is 0 Å². The number of rotatable bonds is 2. The van der Waals surface area contributed by atoms with Crippen molar-refractivity contribution in [3.05, 3.63) is 34.9 Å². The molecular weight excluding hydrogens is 271 g/mol. The van der Waals surface area contributed by atoms with Crippen LogP contribution in [0.2, 0.25) is 5.02 Å². The second-order valence-corrected chi connectivity index (χ2v) is 4.86. The van der Waals surface area contributed by atoms with E-state index in [2.05, 4.69) is 5.32 Å².